The van der Waals surface area contributed by atoms with Gasteiger partial charge >= 0.3 is 25.8 Å². The first kappa shape index (κ1) is 33.5. The van der Waals surface area contributed by atoms with Crippen LogP contribution < -0.4 is 0 Å². The molecular formula is C30H56Hf+2. The summed E-state index contributed by atoms with van der Waals surface area (Å²) in [7, 11) is 0. The number of unbranched alkanes of at least 4 members (excludes halogenated alkanes) is 6. The van der Waals surface area contributed by atoms with Gasteiger partial charge in [-0.2, -0.15) is 0 Å². The summed E-state index contributed by atoms with van der Waals surface area (Å²) in [5, 5.41) is 0. The Balaban J connectivity index is 0. The van der Waals surface area contributed by atoms with E-state index in [0.717, 1.165) is 12.8 Å². The first-order chi connectivity index (χ1) is 14.8. The van der Waals surface area contributed by atoms with E-state index in [1.165, 1.54) is 140 Å². The smallest absolute Gasteiger partial charge is 0.373 e. The van der Waals surface area contributed by atoms with E-state index in [1.54, 1.807) is 0 Å². The molecule has 0 bridgehead atoms. The molecule has 0 spiro atoms. The molecule has 0 aromatic carbocycles. The molecule has 2 aliphatic carbocycles. The summed E-state index contributed by atoms with van der Waals surface area (Å²) in [4.78, 5) is 0. The molecule has 1 heteroatoms. The van der Waals surface area contributed by atoms with Crippen LogP contribution >= 0.6 is 0 Å². The Hall–Kier alpha value is 0.350. The van der Waals surface area contributed by atoms with Gasteiger partial charge in [-0.15, -0.1) is 25.7 Å². The normalized spacial score (nSPS) is 16.1. The SMILES string of the molecule is C1CCCC1.C1CCCC1.CCCC[C-]=C(CCCC)C(=[C-]CCCC)CCCC.[Hf+4]. The van der Waals surface area contributed by atoms with Crippen molar-refractivity contribution in [2.45, 2.75) is 169 Å². The number of allylic oxidation sites excluding steroid dienone is 4. The monoisotopic (exact) mass is 596 g/mol. The molecule has 0 aliphatic heterocycles. The van der Waals surface area contributed by atoms with Crippen LogP contribution in [-0.4, -0.2) is 0 Å². The predicted molar refractivity (Wildman–Crippen MR) is 138 cm³/mol. The molecule has 0 heterocycles. The van der Waals surface area contributed by atoms with E-state index in [1.807, 2.05) is 0 Å². The van der Waals surface area contributed by atoms with Crippen molar-refractivity contribution in [2.24, 2.45) is 0 Å². The van der Waals surface area contributed by atoms with Crippen LogP contribution in [0.1, 0.15) is 169 Å². The van der Waals surface area contributed by atoms with Gasteiger partial charge in [-0.1, -0.05) is 143 Å². The zero-order valence-corrected chi connectivity index (χ0v) is 25.6. The third-order valence-electron chi connectivity index (χ3n) is 6.16. The summed E-state index contributed by atoms with van der Waals surface area (Å²) in [5.74, 6) is 0. The first-order valence-electron chi connectivity index (χ1n) is 14.0. The van der Waals surface area contributed by atoms with Crippen molar-refractivity contribution in [3.05, 3.63) is 23.3 Å². The maximum absolute atomic E-state index is 3.71. The van der Waals surface area contributed by atoms with Crippen molar-refractivity contribution >= 4 is 0 Å². The van der Waals surface area contributed by atoms with Crippen molar-refractivity contribution in [3.63, 3.8) is 0 Å². The van der Waals surface area contributed by atoms with E-state index in [4.69, 9.17) is 0 Å². The Morgan fingerprint density at radius 2 is 0.710 bits per heavy atom. The van der Waals surface area contributed by atoms with E-state index in [-0.39, 0.29) is 25.8 Å². The fraction of sp³-hybridized carbons (Fsp3) is 0.867. The third kappa shape index (κ3) is 23.3. The molecule has 0 aromatic rings. The standard InChI is InChI=1S/C20H36.2C5H10.Hf/c1-5-9-13-17-19(15-11-7-3)20(16-12-8-4)18-14-10-6-2;2*1-2-4-5-3-1;/h5-16H2,1-4H3;2*1-5H2;/q-2;;;+4. The van der Waals surface area contributed by atoms with Gasteiger partial charge in [0.05, 0.1) is 0 Å². The molecular weight excluding hydrogens is 539 g/mol. The van der Waals surface area contributed by atoms with Gasteiger partial charge in [0.15, 0.2) is 0 Å². The molecule has 31 heavy (non-hydrogen) atoms. The van der Waals surface area contributed by atoms with Crippen molar-refractivity contribution in [3.8, 4) is 0 Å². The molecule has 0 atom stereocenters. The van der Waals surface area contributed by atoms with Crippen LogP contribution in [0.2, 0.25) is 0 Å². The van der Waals surface area contributed by atoms with Gasteiger partial charge in [0.25, 0.3) is 0 Å². The summed E-state index contributed by atoms with van der Waals surface area (Å²) in [6.45, 7) is 9.07. The molecule has 2 rings (SSSR count). The van der Waals surface area contributed by atoms with E-state index in [2.05, 4.69) is 39.8 Å². The molecule has 0 unspecified atom stereocenters. The summed E-state index contributed by atoms with van der Waals surface area (Å²) in [6, 6.07) is 0. The van der Waals surface area contributed by atoms with E-state index < -0.39 is 0 Å². The molecule has 0 radical (unpaired) electrons. The van der Waals surface area contributed by atoms with Crippen molar-refractivity contribution in [2.75, 3.05) is 0 Å². The fourth-order valence-electron chi connectivity index (χ4n) is 4.00. The average Bonchev–Trinajstić information content (AvgIpc) is 3.52. The molecule has 2 saturated carbocycles. The van der Waals surface area contributed by atoms with Crippen LogP contribution in [0.3, 0.4) is 0 Å². The third-order valence-corrected chi connectivity index (χ3v) is 6.16. The van der Waals surface area contributed by atoms with Gasteiger partial charge < -0.3 is 23.3 Å². The second-order valence-electron chi connectivity index (χ2n) is 9.26. The van der Waals surface area contributed by atoms with Gasteiger partial charge in [0, 0.05) is 0 Å². The average molecular weight is 595 g/mol. The maximum atomic E-state index is 3.71. The zero-order valence-electron chi connectivity index (χ0n) is 22.1. The minimum Gasteiger partial charge on any atom is -0.373 e. The molecule has 2 fully saturated rings. The number of hydrogen-bond donors (Lipinski definition) is 0. The second kappa shape index (κ2) is 28.4. The molecule has 178 valence electrons. The van der Waals surface area contributed by atoms with E-state index in [0.29, 0.717) is 0 Å². The van der Waals surface area contributed by atoms with Crippen LogP contribution in [0.4, 0.5) is 0 Å². The maximum Gasteiger partial charge on any atom is 4.00 e. The minimum atomic E-state index is 0. The zero-order chi connectivity index (χ0) is 22.1. The Morgan fingerprint density at radius 1 is 0.452 bits per heavy atom. The summed E-state index contributed by atoms with van der Waals surface area (Å²) in [5.41, 5.74) is 2.98. The van der Waals surface area contributed by atoms with Crippen LogP contribution in [0.25, 0.3) is 0 Å². The first-order valence-corrected chi connectivity index (χ1v) is 14.0. The second-order valence-corrected chi connectivity index (χ2v) is 9.26. The topological polar surface area (TPSA) is 0 Å². The summed E-state index contributed by atoms with van der Waals surface area (Å²) < 4.78 is 0. The predicted octanol–water partition coefficient (Wildman–Crippen LogP) is 11.1. The number of rotatable bonds is 13. The summed E-state index contributed by atoms with van der Waals surface area (Å²) >= 11 is 0. The summed E-state index contributed by atoms with van der Waals surface area (Å²) in [6.07, 6.45) is 37.3. The molecule has 0 nitrogen and oxygen atoms in total. The molecule has 2 aliphatic rings. The van der Waals surface area contributed by atoms with Crippen molar-refractivity contribution in [1.29, 1.82) is 0 Å². The van der Waals surface area contributed by atoms with Crippen LogP contribution in [0.5, 0.6) is 0 Å². The molecule has 0 N–H and O–H groups in total. The van der Waals surface area contributed by atoms with E-state index in [9.17, 15) is 0 Å². The number of hydrogen-bond acceptors (Lipinski definition) is 0. The Labute approximate surface area is 217 Å². The van der Waals surface area contributed by atoms with Gasteiger partial charge in [-0.25, -0.2) is 0 Å². The Morgan fingerprint density at radius 3 is 0.935 bits per heavy atom. The van der Waals surface area contributed by atoms with Crippen molar-refractivity contribution < 1.29 is 25.8 Å². The molecule has 0 aromatic heterocycles. The van der Waals surface area contributed by atoms with Crippen LogP contribution in [0, 0.1) is 12.2 Å². The van der Waals surface area contributed by atoms with Gasteiger partial charge in [0.2, 0.25) is 0 Å². The Bertz CT molecular complexity index is 332. The van der Waals surface area contributed by atoms with Crippen molar-refractivity contribution in [1.82, 2.24) is 0 Å². The quantitative estimate of drug-likeness (QED) is 0.0861. The fourth-order valence-corrected chi connectivity index (χ4v) is 4.00. The molecule has 0 amide bonds. The van der Waals surface area contributed by atoms with Gasteiger partial charge in [-0.3, -0.25) is 0 Å². The largest absolute Gasteiger partial charge is 4.00 e. The molecule has 0 saturated heterocycles. The van der Waals surface area contributed by atoms with Gasteiger partial charge in [0.1, 0.15) is 0 Å². The van der Waals surface area contributed by atoms with Crippen LogP contribution in [-0.2, 0) is 25.8 Å². The Kier molecular flexibility index (Phi) is 30.7. The van der Waals surface area contributed by atoms with Gasteiger partial charge in [-0.05, 0) is 0 Å². The van der Waals surface area contributed by atoms with Crippen LogP contribution in [0.15, 0.2) is 11.1 Å². The minimum absolute atomic E-state index is 0. The van der Waals surface area contributed by atoms with E-state index >= 15 is 0 Å².